The van der Waals surface area contributed by atoms with E-state index < -0.39 is 158 Å². The van der Waals surface area contributed by atoms with Gasteiger partial charge in [-0.15, -0.1) is 11.3 Å². The highest BCUT2D eigenvalue weighted by atomic mass is 79.9. The number of carboxylic acid groups (broad SMARTS) is 1. The SMILES string of the molecule is CS(=O)(=O)CC(=O)c1c(-n2c(=O)[nH]c3ccccc3c2=O)c2cc(Br)ccc2n1Cc1cccc([N+](=O)[O-])c1.CS(=O)(=O)NC(=O)c1c(-n2c(=O)[nH]c3cscc3c2=O)c2cc(C(F)(F)F)ccc2n1Cc1ccccc1Cl.Cc1cc(=O)n(-c2c(C(=O)O)n(Cc3cc(F)ccc3F)c3ccc(C(F)(F)F)cc23)c(=O)[nH]1.Cn1c(C(=O)N2CCOCC2)c(-n2c(=O)[nH]c3ccccc3c2=O)c2cc(Cl)ccc21. The maximum absolute atomic E-state index is 14.3. The number of Topliss-reactive ketones (excluding diaryl/α,β-unsaturated/α-hetero) is 1. The Bertz CT molecular complexity index is 9190. The van der Waals surface area contributed by atoms with Gasteiger partial charge in [-0.25, -0.2) is 72.6 Å². The second-order valence-electron chi connectivity index (χ2n) is 32.5. The lowest BCUT2D eigenvalue weighted by atomic mass is 10.1. The summed E-state index contributed by atoms with van der Waals surface area (Å²) < 4.78 is 174. The standard InChI is InChI=1S/C26H19BrN4O7S.C24H16ClF3N4O5S2.C22H19ClN4O4.C22H14F5N3O4/c1-39(37,38)14-22(32)24-23(30-25(33)18-7-2-3-8-20(18)28-26(30)34)19-12-16(27)9-10-21(19)29(24)13-15-5-4-6-17(11-15)31(35)36;1-39(36,37)30-21(33)20-19(32-22(34)15-10-38-11-17(15)29-23(32)35)14-8-13(24(26,27)28)6-7-18(14)31(20)9-12-4-2-3-5-16(12)25;1-25-17-7-6-13(23)12-15(17)18(19(25)21(29)26-8-10-31-11-9-26)27-20(28)14-4-2-3-5-16(14)24-22(27)30;1-10-6-17(31)30(21(34)28-10)18-14-8-12(22(25,26)27)2-5-16(14)29(19(18)20(32)33)9-11-7-13(23)3-4-15(11)24/h2-12H,13-14H2,1H3,(H,28,34);2-8,10-11H,9H2,1H3,(H,29,35)(H,30,33);2-7,12H,8-11H2,1H3,(H,24,30);2-8H,9H2,1H3,(H,28,34)(H,32,33). The topological polar surface area (TPSA) is 464 Å². The quantitative estimate of drug-likeness (QED) is 0.0201. The number of nitro benzene ring substituents is 1. The van der Waals surface area contributed by atoms with Gasteiger partial charge in [-0.05, 0) is 139 Å². The predicted molar refractivity (Wildman–Crippen MR) is 520 cm³/mol. The van der Waals surface area contributed by atoms with E-state index in [1.165, 1.54) is 51.1 Å². The number of nitro groups is 1. The third-order valence-corrected chi connectivity index (χ3v) is 26.1. The van der Waals surface area contributed by atoms with Gasteiger partial charge in [-0.2, -0.15) is 26.3 Å². The molecule has 0 radical (unpaired) electrons. The van der Waals surface area contributed by atoms with Crippen molar-refractivity contribution < 1.29 is 85.9 Å². The zero-order valence-electron chi connectivity index (χ0n) is 73.8. The fourth-order valence-corrected chi connectivity index (χ4v) is 19.4. The molecule has 19 rings (SSSR count). The second-order valence-corrected chi connectivity index (χ2v) is 38.9. The smallest absolute Gasteiger partial charge is 0.416 e. The van der Waals surface area contributed by atoms with Crippen LogP contribution in [0.25, 0.3) is 99.1 Å². The van der Waals surface area contributed by atoms with Gasteiger partial charge in [0, 0.05) is 116 Å². The fourth-order valence-electron chi connectivity index (χ4n) is 16.8. The molecule has 1 saturated heterocycles. The molecule has 0 saturated carbocycles. The van der Waals surface area contributed by atoms with E-state index >= 15 is 0 Å². The average molecular weight is 2130 g/mol. The number of carbonyl (C=O) groups is 4. The number of aromatic nitrogens is 12. The number of carboxylic acids is 1. The van der Waals surface area contributed by atoms with Gasteiger partial charge in [-0.1, -0.05) is 93.7 Å². The highest BCUT2D eigenvalue weighted by Crippen LogP contribution is 2.41. The van der Waals surface area contributed by atoms with Crippen molar-refractivity contribution in [3.63, 3.8) is 0 Å². The summed E-state index contributed by atoms with van der Waals surface area (Å²) in [6, 6.07) is 43.7. The lowest BCUT2D eigenvalue weighted by Gasteiger charge is -2.27. The number of amides is 2. The van der Waals surface area contributed by atoms with Crippen LogP contribution in [0, 0.1) is 28.7 Å². The zero-order chi connectivity index (χ0) is 103. The van der Waals surface area contributed by atoms with Crippen LogP contribution in [0.5, 0.6) is 0 Å². The Hall–Kier alpha value is -15.8. The number of nitrogens with one attached hydrogen (secondary N) is 5. The summed E-state index contributed by atoms with van der Waals surface area (Å²) in [5.41, 5.74) is -8.65. The molecular weight excluding hydrogens is 2060 g/mol. The number of thiophene rings is 1. The number of para-hydroxylation sites is 2. The van der Waals surface area contributed by atoms with Crippen LogP contribution in [0.2, 0.25) is 10.0 Å². The largest absolute Gasteiger partial charge is 0.477 e. The number of ether oxygens (including phenoxy) is 1. The van der Waals surface area contributed by atoms with Gasteiger partial charge < -0.3 is 52.9 Å². The Morgan fingerprint density at radius 1 is 0.524 bits per heavy atom. The third-order valence-electron chi connectivity index (χ3n) is 22.9. The van der Waals surface area contributed by atoms with Crippen LogP contribution >= 0.6 is 50.5 Å². The van der Waals surface area contributed by atoms with Crippen molar-refractivity contribution in [1.82, 2.24) is 66.1 Å². The first-order valence-electron chi connectivity index (χ1n) is 41.9. The van der Waals surface area contributed by atoms with Crippen LogP contribution < -0.4 is 49.7 Å². The number of H-pyrrole nitrogens is 4. The molecule has 1 fully saturated rings. The average Bonchev–Trinajstić information content (AvgIpc) is 1.58. The Morgan fingerprint density at radius 2 is 1.02 bits per heavy atom. The number of aryl methyl sites for hydroxylation is 2. The molecular formula is C94H68BrCl2F8N15O20S3. The second kappa shape index (κ2) is 39.0. The normalized spacial score (nSPS) is 12.5. The Morgan fingerprint density at radius 3 is 1.58 bits per heavy atom. The van der Waals surface area contributed by atoms with Gasteiger partial charge in [0.25, 0.3) is 39.7 Å². The maximum atomic E-state index is 14.3. The molecule has 0 atom stereocenters. The van der Waals surface area contributed by atoms with Crippen molar-refractivity contribution in [2.24, 2.45) is 7.05 Å². The third kappa shape index (κ3) is 20.0. The molecule has 734 valence electrons. The number of morpholine rings is 1. The number of rotatable bonds is 18. The Kier molecular flexibility index (Phi) is 27.3. The maximum Gasteiger partial charge on any atom is 0.416 e. The van der Waals surface area contributed by atoms with E-state index in [9.17, 15) is 125 Å². The zero-order valence-corrected chi connectivity index (χ0v) is 79.4. The van der Waals surface area contributed by atoms with E-state index in [0.29, 0.717) is 119 Å². The summed E-state index contributed by atoms with van der Waals surface area (Å²) in [5, 5.41) is 25.7. The van der Waals surface area contributed by atoms with Gasteiger partial charge in [0.15, 0.2) is 21.3 Å². The van der Waals surface area contributed by atoms with Crippen LogP contribution in [0.4, 0.5) is 40.8 Å². The van der Waals surface area contributed by atoms with Gasteiger partial charge in [0.1, 0.15) is 34.5 Å². The number of aromatic amines is 4. The molecule has 0 unspecified atom stereocenters. The van der Waals surface area contributed by atoms with E-state index in [1.807, 2.05) is 0 Å². The highest BCUT2D eigenvalue weighted by Gasteiger charge is 2.39. The highest BCUT2D eigenvalue weighted by molar-refractivity contribution is 9.10. The number of aromatic carboxylic acids is 1. The number of non-ortho nitro benzene ring substituents is 1. The molecule has 2 amide bonds. The summed E-state index contributed by atoms with van der Waals surface area (Å²) in [7, 11) is -6.24. The molecule has 1 aliphatic rings. The first kappa shape index (κ1) is 100. The minimum atomic E-state index is -4.82. The van der Waals surface area contributed by atoms with Crippen molar-refractivity contribution in [3.8, 4) is 22.7 Å². The Labute approximate surface area is 816 Å². The molecule has 9 aromatic heterocycles. The molecule has 18 aromatic rings. The summed E-state index contributed by atoms with van der Waals surface area (Å²) in [5.74, 6) is -6.68. The van der Waals surface area contributed by atoms with Crippen LogP contribution in [0.15, 0.2) is 248 Å². The van der Waals surface area contributed by atoms with Gasteiger partial charge in [-0.3, -0.25) is 43.7 Å². The van der Waals surface area contributed by atoms with E-state index in [4.69, 9.17) is 27.9 Å². The number of sulfonamides is 1. The summed E-state index contributed by atoms with van der Waals surface area (Å²) >= 11 is 17.1. The van der Waals surface area contributed by atoms with Crippen LogP contribution in [-0.2, 0) is 63.6 Å². The molecule has 1 aliphatic heterocycles. The molecule has 9 aromatic carbocycles. The number of fused-ring (bicyclic) bond motifs is 7. The number of halogens is 11. The molecule has 10 heterocycles. The predicted octanol–water partition coefficient (Wildman–Crippen LogP) is 13.8. The Balaban J connectivity index is 0.000000137. The van der Waals surface area contributed by atoms with Crippen LogP contribution in [0.1, 0.15) is 75.5 Å². The van der Waals surface area contributed by atoms with E-state index in [1.54, 1.807) is 130 Å². The summed E-state index contributed by atoms with van der Waals surface area (Å²) in [4.78, 5) is 181. The number of hydrogen-bond donors (Lipinski definition) is 6. The van der Waals surface area contributed by atoms with Crippen LogP contribution in [0.3, 0.4) is 0 Å². The lowest BCUT2D eigenvalue weighted by Crippen LogP contribution is -2.42. The summed E-state index contributed by atoms with van der Waals surface area (Å²) in [6.07, 6.45) is -8.01. The van der Waals surface area contributed by atoms with Gasteiger partial charge in [0.2, 0.25) is 10.0 Å². The number of hydrogen-bond acceptors (Lipinski definition) is 20. The molecule has 143 heavy (non-hydrogen) atoms. The molecule has 6 N–H and O–H groups in total. The number of sulfone groups is 1. The minimum absolute atomic E-state index is 0.0216. The monoisotopic (exact) mass is 2120 g/mol. The summed E-state index contributed by atoms with van der Waals surface area (Å²) in [6.45, 7) is 2.24. The van der Waals surface area contributed by atoms with E-state index in [-0.39, 0.29) is 102 Å². The van der Waals surface area contributed by atoms with Gasteiger partial charge in [0.05, 0.1) is 120 Å². The lowest BCUT2D eigenvalue weighted by molar-refractivity contribution is -0.384. The first-order chi connectivity index (χ1) is 67.5. The molecule has 0 spiro atoms. The van der Waals surface area contributed by atoms with E-state index in [2.05, 4.69) is 35.9 Å². The van der Waals surface area contributed by atoms with Gasteiger partial charge >= 0.3 is 41.1 Å². The molecule has 0 aliphatic carbocycles. The van der Waals surface area contributed by atoms with Crippen molar-refractivity contribution >= 4 is 176 Å². The van der Waals surface area contributed by atoms with Crippen molar-refractivity contribution in [2.45, 2.75) is 38.9 Å². The van der Waals surface area contributed by atoms with Crippen molar-refractivity contribution in [1.29, 1.82) is 0 Å². The number of carbonyl (C=O) groups excluding carboxylic acids is 3. The number of ketones is 1. The van der Waals surface area contributed by atoms with Crippen molar-refractivity contribution in [2.75, 3.05) is 44.6 Å². The molecule has 49 heteroatoms. The minimum Gasteiger partial charge on any atom is -0.477 e. The molecule has 0 bridgehead atoms. The number of nitrogens with zero attached hydrogens (tertiary/aromatic N) is 10. The number of alkyl halides is 6. The number of benzene rings is 9. The molecule has 35 nitrogen and oxygen atoms in total. The van der Waals surface area contributed by atoms with Crippen molar-refractivity contribution in [3.05, 3.63) is 381 Å². The van der Waals surface area contributed by atoms with Crippen LogP contribution in [-0.4, -0.2) is 156 Å². The van der Waals surface area contributed by atoms with E-state index in [0.717, 1.165) is 73.8 Å². The first-order valence-corrected chi connectivity index (χ1v) is 48.3. The fraction of sp³-hybridized carbons (Fsp3) is 0.149.